The van der Waals surface area contributed by atoms with Crippen LogP contribution >= 0.6 is 0 Å². The number of hydrogen-bond donors (Lipinski definition) is 1. The van der Waals surface area contributed by atoms with E-state index in [1.807, 2.05) is 0 Å². The molecule has 0 radical (unpaired) electrons. The second kappa shape index (κ2) is 6.80. The van der Waals surface area contributed by atoms with Crippen LogP contribution in [0.15, 0.2) is 6.33 Å². The summed E-state index contributed by atoms with van der Waals surface area (Å²) in [7, 11) is 0. The molecule has 1 N–H and O–H groups in total. The first-order valence-electron chi connectivity index (χ1n) is 7.15. The van der Waals surface area contributed by atoms with Crippen LogP contribution in [0.25, 0.3) is 0 Å². The molecule has 0 aliphatic carbocycles. The molecule has 1 aliphatic rings. The van der Waals surface area contributed by atoms with Crippen LogP contribution in [0.1, 0.15) is 31.9 Å². The lowest BCUT2D eigenvalue weighted by Crippen LogP contribution is -2.39. The molecule has 4 nitrogen and oxygen atoms in total. The van der Waals surface area contributed by atoms with E-state index in [4.69, 9.17) is 0 Å². The topological polar surface area (TPSA) is 41.0 Å². The molecule has 1 atom stereocenters. The molecule has 0 saturated carbocycles. The molecule has 1 aliphatic heterocycles. The summed E-state index contributed by atoms with van der Waals surface area (Å²) in [6.45, 7) is 7.63. The number of nitrogens with zero attached hydrogens (tertiary/aromatic N) is 3. The molecule has 0 amide bonds. The highest BCUT2D eigenvalue weighted by Crippen LogP contribution is 2.21. The van der Waals surface area contributed by atoms with Crippen LogP contribution in [-0.4, -0.2) is 36.1 Å². The molecule has 19 heavy (non-hydrogen) atoms. The molecular formula is C14H23FN4. The number of nitrogens with one attached hydrogen (secondary N) is 1. The van der Waals surface area contributed by atoms with Gasteiger partial charge >= 0.3 is 0 Å². The summed E-state index contributed by atoms with van der Waals surface area (Å²) in [6, 6.07) is 0. The largest absolute Gasteiger partial charge is 0.354 e. The summed E-state index contributed by atoms with van der Waals surface area (Å²) in [4.78, 5) is 10.1. The van der Waals surface area contributed by atoms with Crippen molar-refractivity contribution >= 4 is 5.82 Å². The van der Waals surface area contributed by atoms with Gasteiger partial charge in [0.15, 0.2) is 11.6 Å². The van der Waals surface area contributed by atoms with Crippen LogP contribution in [0.4, 0.5) is 10.2 Å². The van der Waals surface area contributed by atoms with Gasteiger partial charge in [-0.15, -0.1) is 0 Å². The van der Waals surface area contributed by atoms with Crippen LogP contribution in [0.2, 0.25) is 0 Å². The monoisotopic (exact) mass is 266 g/mol. The Morgan fingerprint density at radius 1 is 1.47 bits per heavy atom. The van der Waals surface area contributed by atoms with Gasteiger partial charge in [0.1, 0.15) is 6.33 Å². The van der Waals surface area contributed by atoms with Crippen LogP contribution < -0.4 is 10.2 Å². The average Bonchev–Trinajstić information content (AvgIpc) is 2.43. The van der Waals surface area contributed by atoms with Crippen LogP contribution in [0, 0.1) is 18.7 Å². The van der Waals surface area contributed by atoms with E-state index in [-0.39, 0.29) is 5.82 Å². The molecule has 2 rings (SSSR count). The van der Waals surface area contributed by atoms with E-state index in [9.17, 15) is 4.39 Å². The van der Waals surface area contributed by atoms with Crippen molar-refractivity contribution in [2.75, 3.05) is 31.1 Å². The maximum Gasteiger partial charge on any atom is 0.186 e. The van der Waals surface area contributed by atoms with Crippen molar-refractivity contribution in [3.8, 4) is 0 Å². The highest BCUT2D eigenvalue weighted by molar-refractivity contribution is 5.40. The zero-order chi connectivity index (χ0) is 13.7. The van der Waals surface area contributed by atoms with E-state index in [1.165, 1.54) is 19.2 Å². The Morgan fingerprint density at radius 2 is 2.32 bits per heavy atom. The number of anilines is 1. The Hall–Kier alpha value is -1.23. The molecule has 0 spiro atoms. The van der Waals surface area contributed by atoms with Crippen molar-refractivity contribution in [2.24, 2.45) is 5.92 Å². The van der Waals surface area contributed by atoms with Gasteiger partial charge in [0.2, 0.25) is 0 Å². The van der Waals surface area contributed by atoms with Gasteiger partial charge in [-0.2, -0.15) is 0 Å². The Morgan fingerprint density at radius 3 is 3.00 bits per heavy atom. The van der Waals surface area contributed by atoms with E-state index < -0.39 is 0 Å². The summed E-state index contributed by atoms with van der Waals surface area (Å²) in [6.07, 6.45) is 4.85. The van der Waals surface area contributed by atoms with Gasteiger partial charge in [-0.05, 0) is 45.2 Å². The highest BCUT2D eigenvalue weighted by Gasteiger charge is 2.20. The number of halogens is 1. The first-order valence-corrected chi connectivity index (χ1v) is 7.15. The van der Waals surface area contributed by atoms with E-state index >= 15 is 0 Å². The lowest BCUT2D eigenvalue weighted by molar-refractivity contribution is 0.374. The summed E-state index contributed by atoms with van der Waals surface area (Å²) in [5.74, 6) is 0.759. The molecule has 1 aromatic rings. The molecule has 106 valence electrons. The third-order valence-corrected chi connectivity index (χ3v) is 3.62. The Bertz CT molecular complexity index is 404. The van der Waals surface area contributed by atoms with E-state index in [2.05, 4.69) is 27.1 Å². The molecule has 2 heterocycles. The minimum Gasteiger partial charge on any atom is -0.354 e. The Kier molecular flexibility index (Phi) is 5.07. The van der Waals surface area contributed by atoms with Gasteiger partial charge in [-0.3, -0.25) is 0 Å². The molecule has 1 aromatic heterocycles. The zero-order valence-corrected chi connectivity index (χ0v) is 11.8. The third kappa shape index (κ3) is 3.62. The fraction of sp³-hybridized carbons (Fsp3) is 0.714. The predicted octanol–water partition coefficient (Wildman–Crippen LogP) is 2.14. The summed E-state index contributed by atoms with van der Waals surface area (Å²) in [5.41, 5.74) is 0.424. The van der Waals surface area contributed by atoms with Crippen LogP contribution in [-0.2, 0) is 0 Å². The van der Waals surface area contributed by atoms with E-state index in [0.717, 1.165) is 32.6 Å². The highest BCUT2D eigenvalue weighted by atomic mass is 19.1. The number of rotatable bonds is 5. The minimum atomic E-state index is -0.278. The number of aryl methyl sites for hydroxylation is 1. The Balaban J connectivity index is 2.11. The summed E-state index contributed by atoms with van der Waals surface area (Å²) in [5, 5.41) is 3.41. The van der Waals surface area contributed by atoms with Crippen molar-refractivity contribution in [1.82, 2.24) is 15.3 Å². The van der Waals surface area contributed by atoms with Crippen molar-refractivity contribution in [1.29, 1.82) is 0 Å². The molecular weight excluding hydrogens is 243 g/mol. The van der Waals surface area contributed by atoms with Gasteiger partial charge in [0, 0.05) is 13.1 Å². The third-order valence-electron chi connectivity index (χ3n) is 3.62. The smallest absolute Gasteiger partial charge is 0.186 e. The van der Waals surface area contributed by atoms with Crippen molar-refractivity contribution < 1.29 is 4.39 Å². The summed E-state index contributed by atoms with van der Waals surface area (Å²) < 4.78 is 14.1. The lowest BCUT2D eigenvalue weighted by atomic mass is 9.99. The van der Waals surface area contributed by atoms with E-state index in [1.54, 1.807) is 6.92 Å². The molecule has 0 bridgehead atoms. The molecule has 5 heteroatoms. The predicted molar refractivity (Wildman–Crippen MR) is 74.8 cm³/mol. The second-order valence-corrected chi connectivity index (χ2v) is 5.26. The fourth-order valence-corrected chi connectivity index (χ4v) is 2.61. The fourth-order valence-electron chi connectivity index (χ4n) is 2.61. The summed E-state index contributed by atoms with van der Waals surface area (Å²) >= 11 is 0. The van der Waals surface area contributed by atoms with Gasteiger partial charge < -0.3 is 10.2 Å². The lowest BCUT2D eigenvalue weighted by Gasteiger charge is -2.31. The quantitative estimate of drug-likeness (QED) is 0.886. The number of aromatic nitrogens is 2. The van der Waals surface area contributed by atoms with Crippen molar-refractivity contribution in [2.45, 2.75) is 33.1 Å². The molecule has 1 fully saturated rings. The average molecular weight is 266 g/mol. The number of piperidine rings is 1. The minimum absolute atomic E-state index is 0.278. The van der Waals surface area contributed by atoms with Gasteiger partial charge in [-0.25, -0.2) is 14.4 Å². The second-order valence-electron chi connectivity index (χ2n) is 5.26. The van der Waals surface area contributed by atoms with E-state index in [0.29, 0.717) is 17.4 Å². The van der Waals surface area contributed by atoms with Crippen molar-refractivity contribution in [3.63, 3.8) is 0 Å². The SMILES string of the molecule is CCCN(CC1CCCNC1)c1ncnc(C)c1F. The normalized spacial score (nSPS) is 19.4. The standard InChI is InChI=1S/C14H23FN4/c1-3-7-19(9-12-5-4-6-16-8-12)14-13(15)11(2)17-10-18-14/h10,12,16H,3-9H2,1-2H3. The van der Waals surface area contributed by atoms with Crippen molar-refractivity contribution in [3.05, 3.63) is 17.8 Å². The maximum atomic E-state index is 14.1. The molecule has 0 aromatic carbocycles. The molecule has 1 saturated heterocycles. The van der Waals surface area contributed by atoms with Crippen LogP contribution in [0.3, 0.4) is 0 Å². The maximum absolute atomic E-state index is 14.1. The Labute approximate surface area is 114 Å². The zero-order valence-electron chi connectivity index (χ0n) is 11.8. The van der Waals surface area contributed by atoms with Crippen LogP contribution in [0.5, 0.6) is 0 Å². The first-order chi connectivity index (χ1) is 9.22. The first kappa shape index (κ1) is 14.2. The van der Waals surface area contributed by atoms with Gasteiger partial charge in [-0.1, -0.05) is 6.92 Å². The molecule has 1 unspecified atom stereocenters. The van der Waals surface area contributed by atoms with Gasteiger partial charge in [0.05, 0.1) is 5.69 Å². The van der Waals surface area contributed by atoms with Gasteiger partial charge in [0.25, 0.3) is 0 Å². The number of hydrogen-bond acceptors (Lipinski definition) is 4.